The largest absolute Gasteiger partial charge is 0.491 e. The predicted octanol–water partition coefficient (Wildman–Crippen LogP) is 2.53. The van der Waals surface area contributed by atoms with Crippen LogP contribution in [0.5, 0.6) is 5.75 Å². The van der Waals surface area contributed by atoms with Gasteiger partial charge in [-0.15, -0.1) is 0 Å². The second-order valence-electron chi connectivity index (χ2n) is 5.84. The summed E-state index contributed by atoms with van der Waals surface area (Å²) in [6.45, 7) is 1.35. The second kappa shape index (κ2) is 6.97. The van der Waals surface area contributed by atoms with Gasteiger partial charge in [0.25, 0.3) is 5.91 Å². The molecule has 126 valence electrons. The highest BCUT2D eigenvalue weighted by molar-refractivity contribution is 5.94. The Hall–Kier alpha value is -2.47. The van der Waals surface area contributed by atoms with E-state index in [0.717, 1.165) is 0 Å². The molecule has 0 radical (unpaired) electrons. The van der Waals surface area contributed by atoms with E-state index in [-0.39, 0.29) is 11.7 Å². The number of carbonyl (C=O) groups is 1. The number of benzene rings is 1. The number of pyridine rings is 1. The molecule has 0 unspecified atom stereocenters. The molecule has 6 heteroatoms. The first kappa shape index (κ1) is 16.4. The first-order valence-corrected chi connectivity index (χ1v) is 7.75. The zero-order chi connectivity index (χ0) is 17.0. The summed E-state index contributed by atoms with van der Waals surface area (Å²) in [6, 6.07) is 9.25. The quantitative estimate of drug-likeness (QED) is 0.845. The minimum absolute atomic E-state index is 0.0434. The topological polar surface area (TPSA) is 51.7 Å². The number of aromatic nitrogens is 1. The number of hydrogen-bond acceptors (Lipinski definition) is 4. The standard InChI is InChI=1S/C18H19FN2O3/c1-23-18(13-24-16-4-2-15(19)3-5-16)8-11-21(12-18)17(22)14-6-9-20-10-7-14/h2-7,9-10H,8,11-13H2,1H3/t18-/m1/s1. The zero-order valence-electron chi connectivity index (χ0n) is 13.4. The number of rotatable bonds is 5. The maximum atomic E-state index is 12.9. The Bertz CT molecular complexity index is 693. The molecule has 5 nitrogen and oxygen atoms in total. The molecule has 1 aliphatic heterocycles. The lowest BCUT2D eigenvalue weighted by Crippen LogP contribution is -2.42. The first-order valence-electron chi connectivity index (χ1n) is 7.75. The van der Waals surface area contributed by atoms with Crippen LogP contribution in [-0.4, -0.2) is 48.2 Å². The van der Waals surface area contributed by atoms with Crippen molar-refractivity contribution in [2.24, 2.45) is 0 Å². The van der Waals surface area contributed by atoms with Crippen LogP contribution in [-0.2, 0) is 4.74 Å². The Labute approximate surface area is 140 Å². The zero-order valence-corrected chi connectivity index (χ0v) is 13.4. The van der Waals surface area contributed by atoms with E-state index in [1.165, 1.54) is 12.1 Å². The van der Waals surface area contributed by atoms with E-state index in [2.05, 4.69) is 4.98 Å². The third kappa shape index (κ3) is 3.54. The second-order valence-corrected chi connectivity index (χ2v) is 5.84. The fourth-order valence-electron chi connectivity index (χ4n) is 2.78. The molecule has 1 atom stereocenters. The summed E-state index contributed by atoms with van der Waals surface area (Å²) in [5.41, 5.74) is 0.0493. The third-order valence-corrected chi connectivity index (χ3v) is 4.28. The molecule has 2 heterocycles. The molecule has 1 aromatic carbocycles. The number of nitrogens with zero attached hydrogens (tertiary/aromatic N) is 2. The molecule has 0 aliphatic carbocycles. The third-order valence-electron chi connectivity index (χ3n) is 4.28. The Morgan fingerprint density at radius 2 is 1.96 bits per heavy atom. The van der Waals surface area contributed by atoms with Crippen LogP contribution in [0.2, 0.25) is 0 Å². The summed E-state index contributed by atoms with van der Waals surface area (Å²) in [4.78, 5) is 18.2. The Kier molecular flexibility index (Phi) is 4.76. The van der Waals surface area contributed by atoms with Crippen molar-refractivity contribution in [1.82, 2.24) is 9.88 Å². The maximum Gasteiger partial charge on any atom is 0.254 e. The van der Waals surface area contributed by atoms with Gasteiger partial charge in [-0.1, -0.05) is 0 Å². The van der Waals surface area contributed by atoms with Gasteiger partial charge in [0.1, 0.15) is 23.8 Å². The van der Waals surface area contributed by atoms with Gasteiger partial charge in [0, 0.05) is 31.6 Å². The van der Waals surface area contributed by atoms with E-state index in [1.54, 1.807) is 48.7 Å². The predicted molar refractivity (Wildman–Crippen MR) is 86.4 cm³/mol. The molecular weight excluding hydrogens is 311 g/mol. The van der Waals surface area contributed by atoms with E-state index in [1.807, 2.05) is 0 Å². The van der Waals surface area contributed by atoms with Gasteiger partial charge in [-0.3, -0.25) is 9.78 Å². The summed E-state index contributed by atoms with van der Waals surface area (Å²) >= 11 is 0. The van der Waals surface area contributed by atoms with Crippen molar-refractivity contribution >= 4 is 5.91 Å². The summed E-state index contributed by atoms with van der Waals surface area (Å²) in [5, 5.41) is 0. The molecule has 1 amide bonds. The molecule has 0 saturated carbocycles. The average molecular weight is 330 g/mol. The van der Waals surface area contributed by atoms with Gasteiger partial charge in [-0.25, -0.2) is 4.39 Å². The fraction of sp³-hybridized carbons (Fsp3) is 0.333. The summed E-state index contributed by atoms with van der Waals surface area (Å²) < 4.78 is 24.3. The van der Waals surface area contributed by atoms with Crippen LogP contribution in [0.15, 0.2) is 48.8 Å². The van der Waals surface area contributed by atoms with Crippen molar-refractivity contribution in [2.75, 3.05) is 26.8 Å². The highest BCUT2D eigenvalue weighted by atomic mass is 19.1. The SMILES string of the molecule is CO[C@]1(COc2ccc(F)cc2)CCN(C(=O)c2ccncc2)C1. The van der Waals surface area contributed by atoms with Gasteiger partial charge in [0.2, 0.25) is 0 Å². The smallest absolute Gasteiger partial charge is 0.254 e. The van der Waals surface area contributed by atoms with Gasteiger partial charge < -0.3 is 14.4 Å². The van der Waals surface area contributed by atoms with E-state index in [9.17, 15) is 9.18 Å². The van der Waals surface area contributed by atoms with Crippen LogP contribution in [0.25, 0.3) is 0 Å². The number of carbonyl (C=O) groups excluding carboxylic acids is 1. The molecular formula is C18H19FN2O3. The van der Waals surface area contributed by atoms with Crippen molar-refractivity contribution in [1.29, 1.82) is 0 Å². The van der Waals surface area contributed by atoms with E-state index >= 15 is 0 Å². The molecule has 0 spiro atoms. The Balaban J connectivity index is 1.64. The minimum atomic E-state index is -0.558. The number of ether oxygens (including phenoxy) is 2. The number of amides is 1. The van der Waals surface area contributed by atoms with E-state index in [4.69, 9.17) is 9.47 Å². The number of methoxy groups -OCH3 is 1. The summed E-state index contributed by atoms with van der Waals surface area (Å²) in [5.74, 6) is 0.226. The monoisotopic (exact) mass is 330 g/mol. The molecule has 0 bridgehead atoms. The van der Waals surface area contributed by atoms with Crippen molar-refractivity contribution in [3.63, 3.8) is 0 Å². The minimum Gasteiger partial charge on any atom is -0.491 e. The highest BCUT2D eigenvalue weighted by Crippen LogP contribution is 2.27. The van der Waals surface area contributed by atoms with Crippen LogP contribution < -0.4 is 4.74 Å². The molecule has 3 rings (SSSR count). The summed E-state index contributed by atoms with van der Waals surface area (Å²) in [7, 11) is 1.62. The van der Waals surface area contributed by atoms with Crippen molar-refractivity contribution < 1.29 is 18.7 Å². The number of halogens is 1. The van der Waals surface area contributed by atoms with E-state index < -0.39 is 5.60 Å². The lowest BCUT2D eigenvalue weighted by atomic mass is 10.0. The van der Waals surface area contributed by atoms with Crippen LogP contribution in [0.3, 0.4) is 0 Å². The van der Waals surface area contributed by atoms with Crippen LogP contribution in [0.4, 0.5) is 4.39 Å². The van der Waals surface area contributed by atoms with Crippen molar-refractivity contribution in [3.05, 3.63) is 60.2 Å². The highest BCUT2D eigenvalue weighted by Gasteiger charge is 2.41. The molecule has 1 saturated heterocycles. The lowest BCUT2D eigenvalue weighted by Gasteiger charge is -2.28. The van der Waals surface area contributed by atoms with Gasteiger partial charge in [-0.05, 0) is 42.8 Å². The average Bonchev–Trinajstić information content (AvgIpc) is 3.06. The first-order chi connectivity index (χ1) is 11.6. The van der Waals surface area contributed by atoms with Crippen molar-refractivity contribution in [2.45, 2.75) is 12.0 Å². The normalized spacial score (nSPS) is 20.2. The van der Waals surface area contributed by atoms with Gasteiger partial charge in [0.05, 0.1) is 6.54 Å². The molecule has 1 fully saturated rings. The van der Waals surface area contributed by atoms with Gasteiger partial charge >= 0.3 is 0 Å². The maximum absolute atomic E-state index is 12.9. The molecule has 1 aliphatic rings. The lowest BCUT2D eigenvalue weighted by molar-refractivity contribution is -0.0342. The van der Waals surface area contributed by atoms with Gasteiger partial charge in [0.15, 0.2) is 0 Å². The molecule has 0 N–H and O–H groups in total. The van der Waals surface area contributed by atoms with Crippen LogP contribution >= 0.6 is 0 Å². The Morgan fingerprint density at radius 3 is 2.62 bits per heavy atom. The molecule has 24 heavy (non-hydrogen) atoms. The van der Waals surface area contributed by atoms with Crippen LogP contribution in [0.1, 0.15) is 16.8 Å². The van der Waals surface area contributed by atoms with E-state index in [0.29, 0.717) is 37.4 Å². The van der Waals surface area contributed by atoms with Crippen molar-refractivity contribution in [3.8, 4) is 5.75 Å². The van der Waals surface area contributed by atoms with Crippen LogP contribution in [0, 0.1) is 5.82 Å². The number of hydrogen-bond donors (Lipinski definition) is 0. The Morgan fingerprint density at radius 1 is 1.25 bits per heavy atom. The van der Waals surface area contributed by atoms with Gasteiger partial charge in [-0.2, -0.15) is 0 Å². The molecule has 1 aromatic heterocycles. The number of likely N-dealkylation sites (tertiary alicyclic amines) is 1. The fourth-order valence-corrected chi connectivity index (χ4v) is 2.78. The summed E-state index contributed by atoms with van der Waals surface area (Å²) in [6.07, 6.45) is 3.89. The molecule has 2 aromatic rings.